The molecule has 0 bridgehead atoms. The van der Waals surface area contributed by atoms with Crippen molar-refractivity contribution in [2.45, 2.75) is 39.3 Å². The minimum absolute atomic E-state index is 0.708. The molecule has 0 aromatic heterocycles. The minimum Gasteiger partial charge on any atom is -0.313 e. The lowest BCUT2D eigenvalue weighted by atomic mass is 10.1. The van der Waals surface area contributed by atoms with E-state index in [0.29, 0.717) is 6.04 Å². The van der Waals surface area contributed by atoms with Crippen molar-refractivity contribution in [1.82, 2.24) is 10.2 Å². The molecule has 0 amide bonds. The summed E-state index contributed by atoms with van der Waals surface area (Å²) in [7, 11) is 0. The smallest absolute Gasteiger partial charge is 0.0234 e. The highest BCUT2D eigenvalue weighted by Gasteiger charge is 2.16. The molecule has 0 spiro atoms. The summed E-state index contributed by atoms with van der Waals surface area (Å²) >= 11 is 0. The SMILES string of the molecule is CCN(Cc1cccc(C)c1)CC1CCCN1. The summed E-state index contributed by atoms with van der Waals surface area (Å²) in [5.74, 6) is 0. The highest BCUT2D eigenvalue weighted by molar-refractivity contribution is 5.22. The van der Waals surface area contributed by atoms with Gasteiger partial charge in [0.25, 0.3) is 0 Å². The van der Waals surface area contributed by atoms with Crippen molar-refractivity contribution < 1.29 is 0 Å². The summed E-state index contributed by atoms with van der Waals surface area (Å²) in [6.45, 7) is 9.02. The van der Waals surface area contributed by atoms with Crippen molar-refractivity contribution in [3.8, 4) is 0 Å². The molecular weight excluding hydrogens is 208 g/mol. The Hall–Kier alpha value is -0.860. The summed E-state index contributed by atoms with van der Waals surface area (Å²) in [6, 6.07) is 9.56. The summed E-state index contributed by atoms with van der Waals surface area (Å²) in [4.78, 5) is 2.54. The third-order valence-electron chi connectivity index (χ3n) is 3.58. The van der Waals surface area contributed by atoms with Crippen LogP contribution in [0.15, 0.2) is 24.3 Å². The Labute approximate surface area is 105 Å². The average Bonchev–Trinajstić information content (AvgIpc) is 2.81. The third-order valence-corrected chi connectivity index (χ3v) is 3.58. The molecule has 2 rings (SSSR count). The van der Waals surface area contributed by atoms with Gasteiger partial charge in [0, 0.05) is 19.1 Å². The molecule has 1 saturated heterocycles. The van der Waals surface area contributed by atoms with Gasteiger partial charge < -0.3 is 5.32 Å². The van der Waals surface area contributed by atoms with Crippen LogP contribution in [0, 0.1) is 6.92 Å². The van der Waals surface area contributed by atoms with Crippen molar-refractivity contribution in [2.75, 3.05) is 19.6 Å². The lowest BCUT2D eigenvalue weighted by Gasteiger charge is -2.24. The van der Waals surface area contributed by atoms with E-state index in [2.05, 4.69) is 48.3 Å². The standard InChI is InChI=1S/C15H24N2/c1-3-17(12-15-8-5-9-16-15)11-14-7-4-6-13(2)10-14/h4,6-7,10,15-16H,3,5,8-9,11-12H2,1-2H3. The molecule has 2 nitrogen and oxygen atoms in total. The van der Waals surface area contributed by atoms with Crippen LogP contribution in [-0.2, 0) is 6.54 Å². The van der Waals surface area contributed by atoms with E-state index in [1.165, 1.54) is 37.1 Å². The molecule has 1 heterocycles. The van der Waals surface area contributed by atoms with Crippen LogP contribution >= 0.6 is 0 Å². The number of hydrogen-bond donors (Lipinski definition) is 1. The van der Waals surface area contributed by atoms with Gasteiger partial charge in [0.1, 0.15) is 0 Å². The highest BCUT2D eigenvalue weighted by Crippen LogP contribution is 2.11. The normalized spacial score (nSPS) is 20.1. The van der Waals surface area contributed by atoms with Crippen LogP contribution in [0.2, 0.25) is 0 Å². The van der Waals surface area contributed by atoms with Crippen LogP contribution < -0.4 is 5.32 Å². The fourth-order valence-corrected chi connectivity index (χ4v) is 2.60. The first-order valence-electron chi connectivity index (χ1n) is 6.79. The zero-order valence-electron chi connectivity index (χ0n) is 11.1. The number of nitrogens with one attached hydrogen (secondary N) is 1. The van der Waals surface area contributed by atoms with E-state index in [1.807, 2.05) is 0 Å². The van der Waals surface area contributed by atoms with Gasteiger partial charge in [0.2, 0.25) is 0 Å². The minimum atomic E-state index is 0.708. The van der Waals surface area contributed by atoms with Crippen molar-refractivity contribution in [3.63, 3.8) is 0 Å². The van der Waals surface area contributed by atoms with E-state index in [0.717, 1.165) is 13.1 Å². The quantitative estimate of drug-likeness (QED) is 0.839. The fourth-order valence-electron chi connectivity index (χ4n) is 2.60. The van der Waals surface area contributed by atoms with Crippen LogP contribution in [0.5, 0.6) is 0 Å². The first kappa shape index (κ1) is 12.6. The van der Waals surface area contributed by atoms with Crippen LogP contribution in [0.1, 0.15) is 30.9 Å². The van der Waals surface area contributed by atoms with E-state index < -0.39 is 0 Å². The Morgan fingerprint density at radius 2 is 2.29 bits per heavy atom. The third kappa shape index (κ3) is 3.83. The van der Waals surface area contributed by atoms with Gasteiger partial charge in [-0.25, -0.2) is 0 Å². The summed E-state index contributed by atoms with van der Waals surface area (Å²) < 4.78 is 0. The van der Waals surface area contributed by atoms with Gasteiger partial charge in [0.15, 0.2) is 0 Å². The van der Waals surface area contributed by atoms with E-state index in [1.54, 1.807) is 0 Å². The lowest BCUT2D eigenvalue weighted by molar-refractivity contribution is 0.253. The molecule has 1 aliphatic rings. The molecule has 0 radical (unpaired) electrons. The Bertz CT molecular complexity index is 343. The number of nitrogens with zero attached hydrogens (tertiary/aromatic N) is 1. The first-order valence-corrected chi connectivity index (χ1v) is 6.79. The maximum absolute atomic E-state index is 3.58. The Morgan fingerprint density at radius 1 is 1.41 bits per heavy atom. The Balaban J connectivity index is 1.90. The van der Waals surface area contributed by atoms with Gasteiger partial charge >= 0.3 is 0 Å². The number of benzene rings is 1. The predicted octanol–water partition coefficient (Wildman–Crippen LogP) is 2.57. The monoisotopic (exact) mass is 232 g/mol. The molecule has 1 aliphatic heterocycles. The molecule has 0 saturated carbocycles. The summed E-state index contributed by atoms with van der Waals surface area (Å²) in [5, 5.41) is 3.58. The van der Waals surface area contributed by atoms with Crippen LogP contribution in [0.25, 0.3) is 0 Å². The molecule has 1 aromatic carbocycles. The molecule has 1 atom stereocenters. The van der Waals surface area contributed by atoms with Crippen molar-refractivity contribution in [3.05, 3.63) is 35.4 Å². The largest absolute Gasteiger partial charge is 0.313 e. The maximum atomic E-state index is 3.58. The van der Waals surface area contributed by atoms with Crippen molar-refractivity contribution >= 4 is 0 Å². The van der Waals surface area contributed by atoms with Gasteiger partial charge in [-0.05, 0) is 38.4 Å². The molecule has 1 N–H and O–H groups in total. The second-order valence-corrected chi connectivity index (χ2v) is 5.11. The van der Waals surface area contributed by atoms with Crippen LogP contribution in [0.4, 0.5) is 0 Å². The average molecular weight is 232 g/mol. The van der Waals surface area contributed by atoms with Gasteiger partial charge in [-0.2, -0.15) is 0 Å². The second-order valence-electron chi connectivity index (χ2n) is 5.11. The maximum Gasteiger partial charge on any atom is 0.0234 e. The first-order chi connectivity index (χ1) is 8.28. The zero-order chi connectivity index (χ0) is 12.1. The summed E-state index contributed by atoms with van der Waals surface area (Å²) in [5.41, 5.74) is 2.79. The Kier molecular flexibility index (Phi) is 4.57. The van der Waals surface area contributed by atoms with Crippen molar-refractivity contribution in [1.29, 1.82) is 0 Å². The molecule has 0 aliphatic carbocycles. The fraction of sp³-hybridized carbons (Fsp3) is 0.600. The molecule has 1 fully saturated rings. The highest BCUT2D eigenvalue weighted by atomic mass is 15.1. The summed E-state index contributed by atoms with van der Waals surface area (Å²) in [6.07, 6.45) is 2.68. The predicted molar refractivity (Wildman–Crippen MR) is 73.2 cm³/mol. The second kappa shape index (κ2) is 6.18. The number of aryl methyl sites for hydroxylation is 1. The Morgan fingerprint density at radius 3 is 2.94 bits per heavy atom. The van der Waals surface area contributed by atoms with Gasteiger partial charge in [-0.1, -0.05) is 36.8 Å². The molecule has 17 heavy (non-hydrogen) atoms. The zero-order valence-corrected chi connectivity index (χ0v) is 11.1. The lowest BCUT2D eigenvalue weighted by Crippen LogP contribution is -2.37. The van der Waals surface area contributed by atoms with Crippen LogP contribution in [-0.4, -0.2) is 30.6 Å². The number of hydrogen-bond acceptors (Lipinski definition) is 2. The number of likely N-dealkylation sites (N-methyl/N-ethyl adjacent to an activating group) is 1. The van der Waals surface area contributed by atoms with E-state index >= 15 is 0 Å². The molecule has 1 aromatic rings. The van der Waals surface area contributed by atoms with E-state index in [9.17, 15) is 0 Å². The van der Waals surface area contributed by atoms with Crippen molar-refractivity contribution in [2.24, 2.45) is 0 Å². The number of rotatable bonds is 5. The molecular formula is C15H24N2. The van der Waals surface area contributed by atoms with Crippen LogP contribution in [0.3, 0.4) is 0 Å². The van der Waals surface area contributed by atoms with E-state index in [4.69, 9.17) is 0 Å². The molecule has 1 unspecified atom stereocenters. The van der Waals surface area contributed by atoms with Gasteiger partial charge in [0.05, 0.1) is 0 Å². The van der Waals surface area contributed by atoms with Gasteiger partial charge in [-0.15, -0.1) is 0 Å². The van der Waals surface area contributed by atoms with Gasteiger partial charge in [-0.3, -0.25) is 4.90 Å². The molecule has 94 valence electrons. The molecule has 2 heteroatoms. The van der Waals surface area contributed by atoms with E-state index in [-0.39, 0.29) is 0 Å². The topological polar surface area (TPSA) is 15.3 Å².